The lowest BCUT2D eigenvalue weighted by Crippen LogP contribution is -2.22. The lowest BCUT2D eigenvalue weighted by Gasteiger charge is -2.29. The van der Waals surface area contributed by atoms with Crippen LogP contribution < -0.4 is 4.90 Å². The van der Waals surface area contributed by atoms with E-state index in [2.05, 4.69) is 293 Å². The molecule has 0 radical (unpaired) electrons. The van der Waals surface area contributed by atoms with Crippen LogP contribution in [0.1, 0.15) is 48.6 Å². The number of para-hydroxylation sites is 1. The van der Waals surface area contributed by atoms with E-state index in [1.807, 2.05) is 0 Å². The van der Waals surface area contributed by atoms with Gasteiger partial charge in [-0.25, -0.2) is 0 Å². The van der Waals surface area contributed by atoms with Crippen LogP contribution in [0.2, 0.25) is 0 Å². The van der Waals surface area contributed by atoms with Crippen LogP contribution in [0.5, 0.6) is 0 Å². The van der Waals surface area contributed by atoms with Crippen molar-refractivity contribution in [3.05, 3.63) is 295 Å². The molecule has 1 heteroatoms. The predicted molar refractivity (Wildman–Crippen MR) is 313 cm³/mol. The van der Waals surface area contributed by atoms with Gasteiger partial charge in [0.25, 0.3) is 0 Å². The molecule has 2 aliphatic carbocycles. The third-order valence-electron chi connectivity index (χ3n) is 16.6. The summed E-state index contributed by atoms with van der Waals surface area (Å²) in [5.74, 6) is 0. The quantitative estimate of drug-likeness (QED) is 0.137. The Hall–Kier alpha value is -9.04. The molecule has 12 aromatic carbocycles. The van der Waals surface area contributed by atoms with Crippen LogP contribution in [-0.4, -0.2) is 0 Å². The molecule has 0 N–H and O–H groups in total. The van der Waals surface area contributed by atoms with E-state index in [0.717, 1.165) is 17.1 Å². The molecular formula is C73H53N. The smallest absolute Gasteiger partial charge is 0.0540 e. The van der Waals surface area contributed by atoms with Crippen LogP contribution in [-0.2, 0) is 10.8 Å². The largest absolute Gasteiger partial charge is 0.310 e. The zero-order chi connectivity index (χ0) is 49.5. The molecule has 0 bridgehead atoms. The summed E-state index contributed by atoms with van der Waals surface area (Å²) in [4.78, 5) is 2.44. The van der Waals surface area contributed by atoms with Crippen molar-refractivity contribution < 1.29 is 0 Å². The predicted octanol–water partition coefficient (Wildman–Crippen LogP) is 19.8. The first-order valence-electron chi connectivity index (χ1n) is 26.0. The molecule has 0 fully saturated rings. The lowest BCUT2D eigenvalue weighted by atomic mass is 9.74. The molecule has 0 aliphatic heterocycles. The SMILES string of the molecule is CC1(C)c2ccccc2-c2cccc(-c3ccccc3-c3ccc(N(c4ccc(-c5ccc6c(c5)C(C)(c5ccccc5)c5ccccc5-6)cc4)c4ccccc4-c4ccc5c(ccc6ccccc65)c4)cc3)c21. The van der Waals surface area contributed by atoms with Gasteiger partial charge in [0.05, 0.1) is 5.69 Å². The fourth-order valence-electron chi connectivity index (χ4n) is 12.9. The number of anilines is 3. The number of rotatable bonds is 8. The maximum absolute atomic E-state index is 2.44. The van der Waals surface area contributed by atoms with Gasteiger partial charge in [-0.1, -0.05) is 238 Å². The minimum atomic E-state index is -0.268. The molecule has 0 saturated carbocycles. The van der Waals surface area contributed by atoms with E-state index in [1.165, 1.54) is 116 Å². The summed E-state index contributed by atoms with van der Waals surface area (Å²) < 4.78 is 0. The average Bonchev–Trinajstić information content (AvgIpc) is 3.87. The molecule has 0 heterocycles. The number of benzene rings is 12. The van der Waals surface area contributed by atoms with Gasteiger partial charge >= 0.3 is 0 Å². The summed E-state index contributed by atoms with van der Waals surface area (Å²) in [6.07, 6.45) is 0. The maximum Gasteiger partial charge on any atom is 0.0540 e. The fraction of sp³-hybridized carbons (Fsp3) is 0.0685. The number of fused-ring (bicyclic) bond motifs is 9. The molecular weight excluding hydrogens is 891 g/mol. The summed E-state index contributed by atoms with van der Waals surface area (Å²) in [5.41, 5.74) is 24.7. The molecule has 1 atom stereocenters. The molecule has 0 spiro atoms. The summed E-state index contributed by atoms with van der Waals surface area (Å²) in [6, 6.07) is 99.2. The molecule has 0 amide bonds. The van der Waals surface area contributed by atoms with E-state index < -0.39 is 0 Å². The third-order valence-corrected chi connectivity index (χ3v) is 16.6. The maximum atomic E-state index is 2.44. The molecule has 350 valence electrons. The van der Waals surface area contributed by atoms with Crippen molar-refractivity contribution in [2.75, 3.05) is 4.90 Å². The van der Waals surface area contributed by atoms with E-state index >= 15 is 0 Å². The van der Waals surface area contributed by atoms with Gasteiger partial charge in [-0.15, -0.1) is 0 Å². The molecule has 12 aromatic rings. The Morgan fingerprint density at radius 3 is 1.55 bits per heavy atom. The van der Waals surface area contributed by atoms with Crippen LogP contribution >= 0.6 is 0 Å². The van der Waals surface area contributed by atoms with E-state index in [4.69, 9.17) is 0 Å². The van der Waals surface area contributed by atoms with E-state index in [0.29, 0.717) is 0 Å². The summed E-state index contributed by atoms with van der Waals surface area (Å²) in [7, 11) is 0. The zero-order valence-corrected chi connectivity index (χ0v) is 41.9. The highest BCUT2D eigenvalue weighted by Gasteiger charge is 2.41. The normalized spacial score (nSPS) is 14.9. The highest BCUT2D eigenvalue weighted by Crippen LogP contribution is 2.55. The monoisotopic (exact) mass is 943 g/mol. The second kappa shape index (κ2) is 17.0. The number of hydrogen-bond donors (Lipinski definition) is 0. The van der Waals surface area contributed by atoms with Gasteiger partial charge in [-0.2, -0.15) is 0 Å². The number of hydrogen-bond acceptors (Lipinski definition) is 1. The Balaban J connectivity index is 0.883. The fourth-order valence-corrected chi connectivity index (χ4v) is 12.9. The highest BCUT2D eigenvalue weighted by molar-refractivity contribution is 6.09. The molecule has 1 unspecified atom stereocenters. The van der Waals surface area contributed by atoms with Gasteiger partial charge in [0.2, 0.25) is 0 Å². The Labute approximate surface area is 434 Å². The van der Waals surface area contributed by atoms with Gasteiger partial charge < -0.3 is 4.90 Å². The molecule has 1 nitrogen and oxygen atoms in total. The molecule has 0 saturated heterocycles. The zero-order valence-electron chi connectivity index (χ0n) is 41.9. The van der Waals surface area contributed by atoms with Crippen LogP contribution in [0, 0.1) is 0 Å². The van der Waals surface area contributed by atoms with E-state index in [9.17, 15) is 0 Å². The van der Waals surface area contributed by atoms with Crippen molar-refractivity contribution in [1.29, 1.82) is 0 Å². The first kappa shape index (κ1) is 43.7. The summed E-state index contributed by atoms with van der Waals surface area (Å²) in [6.45, 7) is 7.15. The van der Waals surface area contributed by atoms with Crippen molar-refractivity contribution in [2.24, 2.45) is 0 Å². The first-order valence-corrected chi connectivity index (χ1v) is 26.0. The van der Waals surface area contributed by atoms with Crippen molar-refractivity contribution in [3.8, 4) is 66.8 Å². The second-order valence-electron chi connectivity index (χ2n) is 20.9. The Morgan fingerprint density at radius 2 is 0.797 bits per heavy atom. The third kappa shape index (κ3) is 6.77. The minimum Gasteiger partial charge on any atom is -0.310 e. The van der Waals surface area contributed by atoms with Crippen molar-refractivity contribution >= 4 is 38.6 Å². The second-order valence-corrected chi connectivity index (χ2v) is 20.9. The lowest BCUT2D eigenvalue weighted by molar-refractivity contribution is 0.662. The van der Waals surface area contributed by atoms with Gasteiger partial charge in [0, 0.05) is 27.8 Å². The van der Waals surface area contributed by atoms with Crippen LogP contribution in [0.3, 0.4) is 0 Å². The minimum absolute atomic E-state index is 0.128. The van der Waals surface area contributed by atoms with Crippen molar-refractivity contribution in [1.82, 2.24) is 0 Å². The van der Waals surface area contributed by atoms with Gasteiger partial charge in [0.15, 0.2) is 0 Å². The van der Waals surface area contributed by atoms with Gasteiger partial charge in [-0.3, -0.25) is 0 Å². The highest BCUT2D eigenvalue weighted by atomic mass is 15.1. The van der Waals surface area contributed by atoms with Gasteiger partial charge in [0.1, 0.15) is 0 Å². The van der Waals surface area contributed by atoms with Crippen LogP contribution in [0.15, 0.2) is 267 Å². The van der Waals surface area contributed by atoms with Crippen molar-refractivity contribution in [3.63, 3.8) is 0 Å². The molecule has 2 aliphatic rings. The summed E-state index contributed by atoms with van der Waals surface area (Å²) >= 11 is 0. The Kier molecular flexibility index (Phi) is 10.1. The number of nitrogens with zero attached hydrogens (tertiary/aromatic N) is 1. The molecule has 74 heavy (non-hydrogen) atoms. The van der Waals surface area contributed by atoms with E-state index in [-0.39, 0.29) is 10.8 Å². The van der Waals surface area contributed by atoms with E-state index in [1.54, 1.807) is 0 Å². The Bertz CT molecular complexity index is 4160. The van der Waals surface area contributed by atoms with Crippen LogP contribution in [0.25, 0.3) is 88.3 Å². The molecule has 14 rings (SSSR count). The van der Waals surface area contributed by atoms with Gasteiger partial charge in [-0.05, 0) is 160 Å². The average molecular weight is 944 g/mol. The standard InChI is InChI=1S/C73H53N/c1-72(2)67-29-14-11-26-63(67)66-28-17-27-65(71(66)72)61-24-10-9-22-58(61)50-36-42-56(43-37-50)74(70-31-16-13-23-60(70)53-39-44-59-52(46-53)33-32-49-18-7-8-21-57(49)59)55-40-34-48(35-41-55)51-38-45-64-62-25-12-15-30-68(62)73(3,69(64)47-51)54-19-5-4-6-20-54/h4-47H,1-3H3. The molecule has 0 aromatic heterocycles. The first-order chi connectivity index (χ1) is 36.3. The van der Waals surface area contributed by atoms with Crippen LogP contribution in [0.4, 0.5) is 17.1 Å². The topological polar surface area (TPSA) is 3.24 Å². The Morgan fingerprint density at radius 1 is 0.284 bits per heavy atom. The van der Waals surface area contributed by atoms with Crippen molar-refractivity contribution in [2.45, 2.75) is 31.6 Å². The summed E-state index contributed by atoms with van der Waals surface area (Å²) in [5, 5.41) is 5.02.